The number of benzene rings is 3. The molecule has 3 aromatic carbocycles. The lowest BCUT2D eigenvalue weighted by Crippen LogP contribution is -2.03. The molecule has 3 rings (SSSR count). The Morgan fingerprint density at radius 1 is 0.800 bits per heavy atom. The molecule has 0 aromatic heterocycles. The maximum Gasteiger partial charge on any atom is 0.292 e. The van der Waals surface area contributed by atoms with E-state index in [9.17, 15) is 4.79 Å². The van der Waals surface area contributed by atoms with Crippen LogP contribution in [-0.4, -0.2) is 6.08 Å². The zero-order chi connectivity index (χ0) is 17.5. The van der Waals surface area contributed by atoms with Crippen LogP contribution in [0.3, 0.4) is 0 Å². The van der Waals surface area contributed by atoms with Gasteiger partial charge in [0.15, 0.2) is 0 Å². The standard InChI is InChI=1S/C21H14N2O2/c22-14-25-20-12-8-18(9-13-20)21(16-4-2-1-3-5-16)17-6-10-19(11-7-17)23-15-24/h1-13,21H. The summed E-state index contributed by atoms with van der Waals surface area (Å²) in [6, 6.07) is 25.1. The van der Waals surface area contributed by atoms with E-state index >= 15 is 0 Å². The van der Waals surface area contributed by atoms with Gasteiger partial charge in [-0.2, -0.15) is 4.99 Å². The topological polar surface area (TPSA) is 62.4 Å². The quantitative estimate of drug-likeness (QED) is 0.296. The van der Waals surface area contributed by atoms with E-state index in [1.807, 2.05) is 42.5 Å². The fraction of sp³-hybridized carbons (Fsp3) is 0.0476. The summed E-state index contributed by atoms with van der Waals surface area (Å²) in [7, 11) is 0. The second-order valence-electron chi connectivity index (χ2n) is 5.40. The third kappa shape index (κ3) is 3.81. The first-order valence-corrected chi connectivity index (χ1v) is 7.70. The van der Waals surface area contributed by atoms with Crippen LogP contribution in [0.15, 0.2) is 83.9 Å². The number of rotatable bonds is 5. The van der Waals surface area contributed by atoms with Gasteiger partial charge in [0, 0.05) is 5.92 Å². The molecule has 4 nitrogen and oxygen atoms in total. The van der Waals surface area contributed by atoms with Crippen molar-refractivity contribution in [1.82, 2.24) is 0 Å². The van der Waals surface area contributed by atoms with Gasteiger partial charge in [-0.05, 0) is 41.0 Å². The molecule has 0 N–H and O–H groups in total. The third-order valence-electron chi connectivity index (χ3n) is 3.91. The van der Waals surface area contributed by atoms with Crippen LogP contribution in [0.25, 0.3) is 0 Å². The minimum atomic E-state index is 0.0200. The summed E-state index contributed by atoms with van der Waals surface area (Å²) < 4.78 is 4.85. The lowest BCUT2D eigenvalue weighted by Gasteiger charge is -2.19. The summed E-state index contributed by atoms with van der Waals surface area (Å²) in [5.74, 6) is 0.528. The maximum absolute atomic E-state index is 10.4. The predicted molar refractivity (Wildman–Crippen MR) is 94.3 cm³/mol. The van der Waals surface area contributed by atoms with Crippen molar-refractivity contribution in [3.05, 3.63) is 95.6 Å². The molecule has 25 heavy (non-hydrogen) atoms. The lowest BCUT2D eigenvalue weighted by molar-refractivity contribution is 0.507. The molecule has 0 aliphatic carbocycles. The fourth-order valence-electron chi connectivity index (χ4n) is 2.80. The Kier molecular flexibility index (Phi) is 5.01. The molecule has 4 heteroatoms. The predicted octanol–water partition coefficient (Wildman–Crippen LogP) is 4.69. The van der Waals surface area contributed by atoms with E-state index in [2.05, 4.69) is 17.1 Å². The number of isocyanates is 1. The number of hydrogen-bond donors (Lipinski definition) is 0. The zero-order valence-electron chi connectivity index (χ0n) is 13.3. The van der Waals surface area contributed by atoms with Crippen molar-refractivity contribution in [2.24, 2.45) is 4.99 Å². The van der Waals surface area contributed by atoms with Crippen molar-refractivity contribution in [3.63, 3.8) is 0 Å². The fourth-order valence-corrected chi connectivity index (χ4v) is 2.80. The molecule has 1 unspecified atom stereocenters. The first kappa shape index (κ1) is 16.2. The molecule has 1 atom stereocenters. The molecule has 0 fully saturated rings. The van der Waals surface area contributed by atoms with Crippen molar-refractivity contribution in [1.29, 1.82) is 5.26 Å². The number of ether oxygens (including phenoxy) is 1. The summed E-state index contributed by atoms with van der Waals surface area (Å²) >= 11 is 0. The Bertz CT molecular complexity index is 920. The van der Waals surface area contributed by atoms with Gasteiger partial charge < -0.3 is 4.74 Å². The zero-order valence-corrected chi connectivity index (χ0v) is 13.3. The SMILES string of the molecule is N#COc1ccc(C(c2ccccc2)c2ccc(N=C=O)cc2)cc1. The molecular formula is C21H14N2O2. The Balaban J connectivity index is 2.04. The summed E-state index contributed by atoms with van der Waals surface area (Å²) in [6.45, 7) is 0. The molecule has 0 amide bonds. The van der Waals surface area contributed by atoms with E-state index < -0.39 is 0 Å². The number of nitriles is 1. The van der Waals surface area contributed by atoms with Gasteiger partial charge in [0.05, 0.1) is 5.69 Å². The molecule has 0 heterocycles. The first-order chi connectivity index (χ1) is 12.3. The molecule has 3 aromatic rings. The second kappa shape index (κ2) is 7.74. The summed E-state index contributed by atoms with van der Waals surface area (Å²) in [5, 5.41) is 8.62. The Hall–Kier alpha value is -3.67. The average molecular weight is 326 g/mol. The van der Waals surface area contributed by atoms with Crippen molar-refractivity contribution in [2.45, 2.75) is 5.92 Å². The van der Waals surface area contributed by atoms with Gasteiger partial charge in [-0.3, -0.25) is 0 Å². The highest BCUT2D eigenvalue weighted by Crippen LogP contribution is 2.33. The van der Waals surface area contributed by atoms with Gasteiger partial charge in [0.1, 0.15) is 5.75 Å². The van der Waals surface area contributed by atoms with Crippen LogP contribution >= 0.6 is 0 Å². The summed E-state index contributed by atoms with van der Waals surface area (Å²) in [5.41, 5.74) is 3.86. The monoisotopic (exact) mass is 326 g/mol. The van der Waals surface area contributed by atoms with Gasteiger partial charge >= 0.3 is 0 Å². The number of nitrogens with zero attached hydrogens (tertiary/aromatic N) is 2. The molecule has 0 bridgehead atoms. The molecule has 120 valence electrons. The average Bonchev–Trinajstić information content (AvgIpc) is 2.66. The number of carbonyl (C=O) groups excluding carboxylic acids is 1. The van der Waals surface area contributed by atoms with Crippen molar-refractivity contribution >= 4 is 11.8 Å². The van der Waals surface area contributed by atoms with E-state index in [0.29, 0.717) is 11.4 Å². The molecule has 0 aliphatic heterocycles. The highest BCUT2D eigenvalue weighted by atomic mass is 16.5. The molecular weight excluding hydrogens is 312 g/mol. The van der Waals surface area contributed by atoms with E-state index in [1.54, 1.807) is 36.6 Å². The van der Waals surface area contributed by atoms with Crippen molar-refractivity contribution in [2.75, 3.05) is 0 Å². The van der Waals surface area contributed by atoms with E-state index in [4.69, 9.17) is 10.00 Å². The van der Waals surface area contributed by atoms with Crippen LogP contribution < -0.4 is 4.74 Å². The van der Waals surface area contributed by atoms with Gasteiger partial charge in [0.2, 0.25) is 6.08 Å². The van der Waals surface area contributed by atoms with Crippen LogP contribution in [-0.2, 0) is 4.79 Å². The number of aliphatic imine (C=N–C) groups is 1. The van der Waals surface area contributed by atoms with Crippen LogP contribution in [0.1, 0.15) is 22.6 Å². The van der Waals surface area contributed by atoms with E-state index in [-0.39, 0.29) is 5.92 Å². The molecule has 0 spiro atoms. The van der Waals surface area contributed by atoms with Gasteiger partial charge in [-0.1, -0.05) is 54.6 Å². The maximum atomic E-state index is 10.4. The van der Waals surface area contributed by atoms with E-state index in [0.717, 1.165) is 16.7 Å². The van der Waals surface area contributed by atoms with Crippen molar-refractivity contribution < 1.29 is 9.53 Å². The second-order valence-corrected chi connectivity index (χ2v) is 5.40. The summed E-state index contributed by atoms with van der Waals surface area (Å²) in [4.78, 5) is 14.0. The Morgan fingerprint density at radius 2 is 1.36 bits per heavy atom. The minimum absolute atomic E-state index is 0.0200. The van der Waals surface area contributed by atoms with Gasteiger partial charge in [0.25, 0.3) is 6.26 Å². The smallest absolute Gasteiger partial charge is 0.292 e. The largest absolute Gasteiger partial charge is 0.388 e. The van der Waals surface area contributed by atoms with Crippen molar-refractivity contribution in [3.8, 4) is 12.0 Å². The van der Waals surface area contributed by atoms with Crippen LogP contribution in [0.4, 0.5) is 5.69 Å². The molecule has 0 radical (unpaired) electrons. The summed E-state index contributed by atoms with van der Waals surface area (Å²) in [6.07, 6.45) is 3.22. The molecule has 0 saturated heterocycles. The van der Waals surface area contributed by atoms with Gasteiger partial charge in [-0.15, -0.1) is 5.26 Å². The normalized spacial score (nSPS) is 11.0. The van der Waals surface area contributed by atoms with Crippen LogP contribution in [0.5, 0.6) is 5.75 Å². The van der Waals surface area contributed by atoms with Gasteiger partial charge in [-0.25, -0.2) is 4.79 Å². The highest BCUT2D eigenvalue weighted by molar-refractivity contribution is 5.52. The molecule has 0 aliphatic rings. The lowest BCUT2D eigenvalue weighted by atomic mass is 9.85. The Labute approximate surface area is 145 Å². The first-order valence-electron chi connectivity index (χ1n) is 7.70. The van der Waals surface area contributed by atoms with E-state index in [1.165, 1.54) is 0 Å². The van der Waals surface area contributed by atoms with Crippen LogP contribution in [0.2, 0.25) is 0 Å². The number of hydrogen-bond acceptors (Lipinski definition) is 4. The Morgan fingerprint density at radius 3 is 1.92 bits per heavy atom. The minimum Gasteiger partial charge on any atom is -0.388 e. The highest BCUT2D eigenvalue weighted by Gasteiger charge is 2.16. The molecule has 0 saturated carbocycles. The third-order valence-corrected chi connectivity index (χ3v) is 3.91. The van der Waals surface area contributed by atoms with Crippen LogP contribution in [0, 0.1) is 11.5 Å².